The Labute approximate surface area is 89.8 Å². The highest BCUT2D eigenvalue weighted by atomic mass is 15.0. The molecule has 3 aromatic rings. The summed E-state index contributed by atoms with van der Waals surface area (Å²) in [5.41, 5.74) is 7.54. The number of H-pyrrole nitrogens is 1. The van der Waals surface area contributed by atoms with Crippen molar-refractivity contribution in [3.63, 3.8) is 0 Å². The molecule has 3 rings (SSSR count). The lowest BCUT2D eigenvalue weighted by atomic mass is 10.4. The molecule has 7 heteroatoms. The molecule has 16 heavy (non-hydrogen) atoms. The van der Waals surface area contributed by atoms with Crippen LogP contribution in [0, 0.1) is 0 Å². The van der Waals surface area contributed by atoms with Gasteiger partial charge in [-0.1, -0.05) is 0 Å². The molecule has 0 unspecified atom stereocenters. The number of fused-ring (bicyclic) bond motifs is 1. The number of nitrogens with two attached hydrogens (primary N) is 1. The van der Waals surface area contributed by atoms with Crippen LogP contribution >= 0.6 is 0 Å². The lowest BCUT2D eigenvalue weighted by molar-refractivity contribution is 1.17. The predicted molar refractivity (Wildman–Crippen MR) is 57.1 cm³/mol. The lowest BCUT2D eigenvalue weighted by Gasteiger charge is -1.97. The van der Waals surface area contributed by atoms with Crippen LogP contribution in [-0.2, 0) is 0 Å². The molecular weight excluding hydrogens is 206 g/mol. The van der Waals surface area contributed by atoms with Gasteiger partial charge in [0.1, 0.15) is 17.5 Å². The molecule has 78 valence electrons. The maximum Gasteiger partial charge on any atom is 0.181 e. The summed E-state index contributed by atoms with van der Waals surface area (Å²) in [5.74, 6) is 0.871. The fourth-order valence-corrected chi connectivity index (χ4v) is 1.41. The first-order valence-corrected chi connectivity index (χ1v) is 4.57. The summed E-state index contributed by atoms with van der Waals surface area (Å²) in [6.07, 6.45) is 6.17. The van der Waals surface area contributed by atoms with E-state index < -0.39 is 0 Å². The van der Waals surface area contributed by atoms with Crippen LogP contribution in [0.25, 0.3) is 22.7 Å². The second kappa shape index (κ2) is 3.23. The maximum atomic E-state index is 5.70. The van der Waals surface area contributed by atoms with Crippen molar-refractivity contribution < 1.29 is 0 Å². The lowest BCUT2D eigenvalue weighted by Crippen LogP contribution is -1.96. The monoisotopic (exact) mass is 213 g/mol. The Hall–Kier alpha value is -2.57. The van der Waals surface area contributed by atoms with E-state index >= 15 is 0 Å². The van der Waals surface area contributed by atoms with E-state index in [0.29, 0.717) is 23.0 Å². The van der Waals surface area contributed by atoms with Gasteiger partial charge in [-0.05, 0) is 0 Å². The molecule has 7 nitrogen and oxygen atoms in total. The normalized spacial score (nSPS) is 10.8. The van der Waals surface area contributed by atoms with Crippen molar-refractivity contribution in [3.05, 3.63) is 24.9 Å². The zero-order valence-corrected chi connectivity index (χ0v) is 8.12. The van der Waals surface area contributed by atoms with Gasteiger partial charge < -0.3 is 10.7 Å². The standard InChI is InChI=1S/C9H7N7/c10-7-6(12-1-2-13-7)9-15-5-3-11-4-14-8(5)16-9/h1-4H,(H2,10,13)(H,11,14,15,16). The van der Waals surface area contributed by atoms with Gasteiger partial charge in [-0.3, -0.25) is 0 Å². The number of rotatable bonds is 1. The highest BCUT2D eigenvalue weighted by Crippen LogP contribution is 2.19. The van der Waals surface area contributed by atoms with Crippen molar-refractivity contribution in [1.82, 2.24) is 29.9 Å². The molecule has 0 fully saturated rings. The predicted octanol–water partition coefficient (Wildman–Crippen LogP) is 0.392. The highest BCUT2D eigenvalue weighted by molar-refractivity contribution is 5.76. The van der Waals surface area contributed by atoms with Gasteiger partial charge >= 0.3 is 0 Å². The molecular formula is C9H7N7. The summed E-state index contributed by atoms with van der Waals surface area (Å²) in [4.78, 5) is 23.3. The molecule has 3 N–H and O–H groups in total. The van der Waals surface area contributed by atoms with E-state index in [-0.39, 0.29) is 0 Å². The highest BCUT2D eigenvalue weighted by Gasteiger charge is 2.10. The van der Waals surface area contributed by atoms with Gasteiger partial charge in [0, 0.05) is 12.4 Å². The molecule has 0 saturated carbocycles. The second-order valence-electron chi connectivity index (χ2n) is 3.14. The number of hydrogen-bond acceptors (Lipinski definition) is 6. The molecule has 0 spiro atoms. The van der Waals surface area contributed by atoms with E-state index in [1.54, 1.807) is 12.4 Å². The molecule has 0 bridgehead atoms. The van der Waals surface area contributed by atoms with E-state index in [4.69, 9.17) is 5.73 Å². The molecule has 0 aliphatic heterocycles. The third kappa shape index (κ3) is 1.26. The Kier molecular flexibility index (Phi) is 1.76. The van der Waals surface area contributed by atoms with Gasteiger partial charge in [-0.25, -0.2) is 24.9 Å². The summed E-state index contributed by atoms with van der Waals surface area (Å²) in [7, 11) is 0. The average molecular weight is 213 g/mol. The van der Waals surface area contributed by atoms with Gasteiger partial charge in [0.2, 0.25) is 0 Å². The minimum atomic E-state index is 0.328. The molecule has 0 atom stereocenters. The summed E-state index contributed by atoms with van der Waals surface area (Å²) in [6.45, 7) is 0. The number of anilines is 1. The van der Waals surface area contributed by atoms with Crippen LogP contribution in [0.4, 0.5) is 5.82 Å². The van der Waals surface area contributed by atoms with Crippen molar-refractivity contribution >= 4 is 17.0 Å². The fraction of sp³-hybridized carbons (Fsp3) is 0. The zero-order chi connectivity index (χ0) is 11.0. The van der Waals surface area contributed by atoms with Crippen LogP contribution in [0.15, 0.2) is 24.9 Å². The third-order valence-electron chi connectivity index (χ3n) is 2.11. The third-order valence-corrected chi connectivity index (χ3v) is 2.11. The number of aromatic amines is 1. The number of imidazole rings is 1. The molecule has 0 saturated heterocycles. The zero-order valence-electron chi connectivity index (χ0n) is 8.12. The Morgan fingerprint density at radius 2 is 2.00 bits per heavy atom. The average Bonchev–Trinajstić information content (AvgIpc) is 2.73. The van der Waals surface area contributed by atoms with Gasteiger partial charge in [0.25, 0.3) is 0 Å². The second-order valence-corrected chi connectivity index (χ2v) is 3.14. The maximum absolute atomic E-state index is 5.70. The molecule has 0 amide bonds. The minimum Gasteiger partial charge on any atom is -0.382 e. The Morgan fingerprint density at radius 1 is 1.12 bits per heavy atom. The van der Waals surface area contributed by atoms with Crippen LogP contribution in [0.3, 0.4) is 0 Å². The molecule has 0 aliphatic rings. The van der Waals surface area contributed by atoms with Gasteiger partial charge in [0.05, 0.1) is 6.20 Å². The first-order valence-electron chi connectivity index (χ1n) is 4.57. The Bertz CT molecular complexity index is 612. The van der Waals surface area contributed by atoms with Gasteiger partial charge in [-0.2, -0.15) is 0 Å². The van der Waals surface area contributed by atoms with Crippen molar-refractivity contribution in [2.45, 2.75) is 0 Å². The topological polar surface area (TPSA) is 106 Å². The Morgan fingerprint density at radius 3 is 2.81 bits per heavy atom. The largest absolute Gasteiger partial charge is 0.382 e. The molecule has 3 heterocycles. The van der Waals surface area contributed by atoms with E-state index in [9.17, 15) is 0 Å². The minimum absolute atomic E-state index is 0.328. The molecule has 0 aromatic carbocycles. The van der Waals surface area contributed by atoms with Gasteiger partial charge in [-0.15, -0.1) is 0 Å². The number of aromatic nitrogens is 6. The van der Waals surface area contributed by atoms with Crippen LogP contribution < -0.4 is 5.73 Å². The Balaban J connectivity index is 2.23. The van der Waals surface area contributed by atoms with E-state index in [1.807, 2.05) is 0 Å². The van der Waals surface area contributed by atoms with Gasteiger partial charge in [0.15, 0.2) is 17.3 Å². The molecule has 3 aromatic heterocycles. The van der Waals surface area contributed by atoms with Crippen molar-refractivity contribution in [1.29, 1.82) is 0 Å². The summed E-state index contributed by atoms with van der Waals surface area (Å²) >= 11 is 0. The summed E-state index contributed by atoms with van der Waals surface area (Å²) in [5, 5.41) is 0. The molecule has 0 radical (unpaired) electrons. The van der Waals surface area contributed by atoms with Crippen LogP contribution in [-0.4, -0.2) is 29.9 Å². The smallest absolute Gasteiger partial charge is 0.181 e. The number of hydrogen-bond donors (Lipinski definition) is 2. The van der Waals surface area contributed by atoms with Crippen LogP contribution in [0.1, 0.15) is 0 Å². The quantitative estimate of drug-likeness (QED) is 0.605. The first kappa shape index (κ1) is 8.72. The summed E-state index contributed by atoms with van der Waals surface area (Å²) in [6, 6.07) is 0. The number of nitrogen functional groups attached to an aromatic ring is 1. The SMILES string of the molecule is Nc1nccnc1-c1nc2ncncc2[nH]1. The number of nitrogens with one attached hydrogen (secondary N) is 1. The van der Waals surface area contributed by atoms with E-state index in [1.165, 1.54) is 12.5 Å². The summed E-state index contributed by atoms with van der Waals surface area (Å²) < 4.78 is 0. The fourth-order valence-electron chi connectivity index (χ4n) is 1.41. The van der Waals surface area contributed by atoms with Crippen molar-refractivity contribution in [3.8, 4) is 11.5 Å². The van der Waals surface area contributed by atoms with Crippen molar-refractivity contribution in [2.75, 3.05) is 5.73 Å². The van der Waals surface area contributed by atoms with Crippen LogP contribution in [0.2, 0.25) is 0 Å². The van der Waals surface area contributed by atoms with E-state index in [2.05, 4.69) is 29.9 Å². The number of nitrogens with zero attached hydrogens (tertiary/aromatic N) is 5. The molecule has 0 aliphatic carbocycles. The van der Waals surface area contributed by atoms with E-state index in [0.717, 1.165) is 5.52 Å². The van der Waals surface area contributed by atoms with Crippen molar-refractivity contribution in [2.24, 2.45) is 0 Å². The first-order chi connectivity index (χ1) is 7.84. The van der Waals surface area contributed by atoms with Crippen LogP contribution in [0.5, 0.6) is 0 Å².